The number of aromatic nitrogens is 1. The number of nitrogens with zero attached hydrogens (tertiary/aromatic N) is 1. The fourth-order valence-electron chi connectivity index (χ4n) is 0.871. The fraction of sp³-hybridized carbons (Fsp3) is 0.333. The van der Waals surface area contributed by atoms with Gasteiger partial charge in [0, 0.05) is 11.6 Å². The maximum atomic E-state index is 10.7. The van der Waals surface area contributed by atoms with Crippen molar-refractivity contribution in [3.63, 3.8) is 0 Å². The zero-order valence-corrected chi connectivity index (χ0v) is 7.80. The minimum Gasteiger partial charge on any atom is -0.302 e. The van der Waals surface area contributed by atoms with Gasteiger partial charge in [-0.3, -0.25) is 0 Å². The van der Waals surface area contributed by atoms with Gasteiger partial charge in [0.1, 0.15) is 11.4 Å². The molecule has 0 bridgehead atoms. The summed E-state index contributed by atoms with van der Waals surface area (Å²) in [5, 5.41) is 0.419. The van der Waals surface area contributed by atoms with Crippen molar-refractivity contribution in [2.24, 2.45) is 0 Å². The van der Waals surface area contributed by atoms with Crippen LogP contribution < -0.4 is 0 Å². The fourth-order valence-corrected chi connectivity index (χ4v) is 1.05. The summed E-state index contributed by atoms with van der Waals surface area (Å²) in [6.45, 7) is 3.68. The van der Waals surface area contributed by atoms with E-state index in [1.807, 2.05) is 13.8 Å². The van der Waals surface area contributed by atoms with E-state index in [2.05, 4.69) is 4.98 Å². The van der Waals surface area contributed by atoms with Gasteiger partial charge in [0.25, 0.3) is 0 Å². The van der Waals surface area contributed by atoms with E-state index >= 15 is 0 Å². The first-order valence-electron chi connectivity index (χ1n) is 3.64. The molecule has 12 heavy (non-hydrogen) atoms. The lowest BCUT2D eigenvalue weighted by atomic mass is 9.87. The number of rotatable bonds is 2. The van der Waals surface area contributed by atoms with Crippen molar-refractivity contribution in [3.05, 3.63) is 29.0 Å². The van der Waals surface area contributed by atoms with Crippen LogP contribution in [0.15, 0.2) is 18.3 Å². The van der Waals surface area contributed by atoms with E-state index in [1.54, 1.807) is 18.3 Å². The van der Waals surface area contributed by atoms with Crippen LogP contribution in [0.4, 0.5) is 0 Å². The second-order valence-corrected chi connectivity index (χ2v) is 3.59. The lowest BCUT2D eigenvalue weighted by Crippen LogP contribution is -2.18. The minimum absolute atomic E-state index is 0.419. The highest BCUT2D eigenvalue weighted by molar-refractivity contribution is 6.29. The molecule has 0 unspecified atom stereocenters. The van der Waals surface area contributed by atoms with Crippen LogP contribution in [0.5, 0.6) is 0 Å². The molecular weight excluding hydrogens is 174 g/mol. The first-order chi connectivity index (χ1) is 5.56. The molecule has 1 aromatic rings. The van der Waals surface area contributed by atoms with Gasteiger partial charge in [-0.25, -0.2) is 4.98 Å². The Hall–Kier alpha value is -0.890. The summed E-state index contributed by atoms with van der Waals surface area (Å²) in [4.78, 5) is 14.5. The summed E-state index contributed by atoms with van der Waals surface area (Å²) in [5.74, 6) is 0. The molecule has 0 N–H and O–H groups in total. The summed E-state index contributed by atoms with van der Waals surface area (Å²) in [6.07, 6.45) is 2.50. The van der Waals surface area contributed by atoms with Gasteiger partial charge in [-0.05, 0) is 31.5 Å². The first kappa shape index (κ1) is 9.20. The second kappa shape index (κ2) is 3.23. The van der Waals surface area contributed by atoms with E-state index < -0.39 is 5.41 Å². The number of carbonyl (C=O) groups excluding carboxylic acids is 1. The lowest BCUT2D eigenvalue weighted by molar-refractivity contribution is -0.111. The molecule has 0 atom stereocenters. The summed E-state index contributed by atoms with van der Waals surface area (Å²) in [5.41, 5.74) is 0.407. The Morgan fingerprint density at radius 3 is 2.75 bits per heavy atom. The number of carbonyl (C=O) groups is 1. The Bertz CT molecular complexity index is 296. The average molecular weight is 184 g/mol. The van der Waals surface area contributed by atoms with E-state index in [-0.39, 0.29) is 0 Å². The molecule has 0 amide bonds. The number of halogens is 1. The summed E-state index contributed by atoms with van der Waals surface area (Å²) < 4.78 is 0. The van der Waals surface area contributed by atoms with Crippen LogP contribution in [-0.2, 0) is 10.2 Å². The quantitative estimate of drug-likeness (QED) is 0.520. The van der Waals surface area contributed by atoms with Gasteiger partial charge < -0.3 is 4.79 Å². The van der Waals surface area contributed by atoms with Crippen LogP contribution in [0, 0.1) is 0 Å². The van der Waals surface area contributed by atoms with Crippen LogP contribution in [0.25, 0.3) is 0 Å². The predicted molar refractivity (Wildman–Crippen MR) is 48.3 cm³/mol. The Morgan fingerprint density at radius 2 is 2.25 bits per heavy atom. The average Bonchev–Trinajstić information content (AvgIpc) is 2.05. The van der Waals surface area contributed by atoms with Crippen molar-refractivity contribution in [3.8, 4) is 0 Å². The van der Waals surface area contributed by atoms with E-state index in [0.29, 0.717) is 5.15 Å². The third-order valence-electron chi connectivity index (χ3n) is 1.77. The Morgan fingerprint density at radius 1 is 1.58 bits per heavy atom. The summed E-state index contributed by atoms with van der Waals surface area (Å²) >= 11 is 5.68. The van der Waals surface area contributed by atoms with Crippen LogP contribution in [0.2, 0.25) is 5.15 Å². The molecule has 0 aliphatic rings. The maximum Gasteiger partial charge on any atom is 0.129 e. The standard InChI is InChI=1S/C9H10ClNO/c1-9(2,6-12)7-3-4-11-8(10)5-7/h3-6H,1-2H3. The maximum absolute atomic E-state index is 10.7. The third-order valence-corrected chi connectivity index (χ3v) is 1.97. The molecule has 1 heterocycles. The van der Waals surface area contributed by atoms with E-state index in [9.17, 15) is 4.79 Å². The molecule has 0 aliphatic heterocycles. The van der Waals surface area contributed by atoms with Crippen LogP contribution >= 0.6 is 11.6 Å². The van der Waals surface area contributed by atoms with Crippen LogP contribution in [-0.4, -0.2) is 11.3 Å². The van der Waals surface area contributed by atoms with Gasteiger partial charge in [-0.2, -0.15) is 0 Å². The van der Waals surface area contributed by atoms with Crippen LogP contribution in [0.1, 0.15) is 19.4 Å². The predicted octanol–water partition coefficient (Wildman–Crippen LogP) is 2.21. The minimum atomic E-state index is -0.480. The highest BCUT2D eigenvalue weighted by atomic mass is 35.5. The van der Waals surface area contributed by atoms with Crippen molar-refractivity contribution < 1.29 is 4.79 Å². The molecule has 0 saturated carbocycles. The molecule has 0 fully saturated rings. The zero-order chi connectivity index (χ0) is 9.19. The molecule has 64 valence electrons. The number of hydrogen-bond acceptors (Lipinski definition) is 2. The van der Waals surface area contributed by atoms with Crippen molar-refractivity contribution in [2.45, 2.75) is 19.3 Å². The molecule has 0 aromatic carbocycles. The summed E-state index contributed by atoms with van der Waals surface area (Å²) in [6, 6.07) is 3.50. The molecule has 0 spiro atoms. The number of aldehydes is 1. The molecule has 3 heteroatoms. The van der Waals surface area contributed by atoms with E-state index in [1.165, 1.54) is 0 Å². The van der Waals surface area contributed by atoms with Crippen LogP contribution in [0.3, 0.4) is 0 Å². The van der Waals surface area contributed by atoms with Gasteiger partial charge in [0.2, 0.25) is 0 Å². The zero-order valence-electron chi connectivity index (χ0n) is 7.04. The Labute approximate surface area is 76.6 Å². The van der Waals surface area contributed by atoms with E-state index in [0.717, 1.165) is 11.8 Å². The van der Waals surface area contributed by atoms with Crippen molar-refractivity contribution in [2.75, 3.05) is 0 Å². The van der Waals surface area contributed by atoms with Crippen molar-refractivity contribution >= 4 is 17.9 Å². The lowest BCUT2D eigenvalue weighted by Gasteiger charge is -2.16. The monoisotopic (exact) mass is 183 g/mol. The summed E-state index contributed by atoms with van der Waals surface area (Å²) in [7, 11) is 0. The van der Waals surface area contributed by atoms with E-state index in [4.69, 9.17) is 11.6 Å². The molecule has 1 rings (SSSR count). The van der Waals surface area contributed by atoms with Crippen molar-refractivity contribution in [1.29, 1.82) is 0 Å². The second-order valence-electron chi connectivity index (χ2n) is 3.21. The smallest absolute Gasteiger partial charge is 0.129 e. The molecule has 0 aliphatic carbocycles. The van der Waals surface area contributed by atoms with Gasteiger partial charge >= 0.3 is 0 Å². The first-order valence-corrected chi connectivity index (χ1v) is 4.02. The van der Waals surface area contributed by atoms with Gasteiger partial charge in [-0.1, -0.05) is 11.6 Å². The van der Waals surface area contributed by atoms with Gasteiger partial charge in [-0.15, -0.1) is 0 Å². The molecule has 1 aromatic heterocycles. The molecular formula is C9H10ClNO. The third kappa shape index (κ3) is 1.83. The largest absolute Gasteiger partial charge is 0.302 e. The topological polar surface area (TPSA) is 30.0 Å². The molecule has 0 saturated heterocycles. The molecule has 0 radical (unpaired) electrons. The SMILES string of the molecule is CC(C)(C=O)c1ccnc(Cl)c1. The number of pyridine rings is 1. The Kier molecular flexibility index (Phi) is 2.48. The molecule has 2 nitrogen and oxygen atoms in total. The highest BCUT2D eigenvalue weighted by Gasteiger charge is 2.19. The van der Waals surface area contributed by atoms with Gasteiger partial charge in [0.15, 0.2) is 0 Å². The highest BCUT2D eigenvalue weighted by Crippen LogP contribution is 2.21. The van der Waals surface area contributed by atoms with Crippen molar-refractivity contribution in [1.82, 2.24) is 4.98 Å². The Balaban J connectivity index is 3.11. The number of hydrogen-bond donors (Lipinski definition) is 0. The van der Waals surface area contributed by atoms with Gasteiger partial charge in [0.05, 0.1) is 0 Å². The normalized spacial score (nSPS) is 11.2.